The van der Waals surface area contributed by atoms with Gasteiger partial charge < -0.3 is 10.1 Å². The van der Waals surface area contributed by atoms with Crippen LogP contribution >= 0.6 is 0 Å². The third-order valence-electron chi connectivity index (χ3n) is 3.63. The van der Waals surface area contributed by atoms with E-state index in [0.717, 1.165) is 26.0 Å². The van der Waals surface area contributed by atoms with Crippen molar-refractivity contribution in [2.45, 2.75) is 51.7 Å². The molecule has 2 atom stereocenters. The summed E-state index contributed by atoms with van der Waals surface area (Å²) < 4.78 is 5.75. The lowest BCUT2D eigenvalue weighted by atomic mass is 9.98. The number of hydrogen-bond acceptors (Lipinski definition) is 2. The zero-order chi connectivity index (χ0) is 12.8. The van der Waals surface area contributed by atoms with Gasteiger partial charge in [-0.3, -0.25) is 0 Å². The van der Waals surface area contributed by atoms with Crippen molar-refractivity contribution in [1.29, 1.82) is 0 Å². The average Bonchev–Trinajstić information content (AvgIpc) is 2.82. The Morgan fingerprint density at radius 2 is 2.33 bits per heavy atom. The van der Waals surface area contributed by atoms with Crippen LogP contribution < -0.4 is 5.32 Å². The fourth-order valence-corrected chi connectivity index (χ4v) is 2.80. The maximum absolute atomic E-state index is 5.75. The van der Waals surface area contributed by atoms with Gasteiger partial charge in [0.15, 0.2) is 0 Å². The first-order chi connectivity index (χ1) is 8.78. The Morgan fingerprint density at radius 1 is 1.44 bits per heavy atom. The first-order valence-electron chi connectivity index (χ1n) is 7.18. The molecule has 0 bridgehead atoms. The molecule has 1 aromatic rings. The molecule has 2 heteroatoms. The summed E-state index contributed by atoms with van der Waals surface area (Å²) in [5, 5.41) is 3.60. The van der Waals surface area contributed by atoms with Crippen molar-refractivity contribution < 1.29 is 4.74 Å². The molecular formula is C16H25NO. The number of aryl methyl sites for hydroxylation is 1. The molecule has 18 heavy (non-hydrogen) atoms. The van der Waals surface area contributed by atoms with Crippen molar-refractivity contribution in [1.82, 2.24) is 5.32 Å². The molecule has 1 fully saturated rings. The van der Waals surface area contributed by atoms with E-state index in [9.17, 15) is 0 Å². The second-order valence-corrected chi connectivity index (χ2v) is 5.32. The molecule has 0 saturated carbocycles. The van der Waals surface area contributed by atoms with Crippen molar-refractivity contribution in [3.8, 4) is 0 Å². The molecule has 0 aromatic heterocycles. The highest BCUT2D eigenvalue weighted by Gasteiger charge is 2.20. The van der Waals surface area contributed by atoms with Crippen LogP contribution in [0.2, 0.25) is 0 Å². The van der Waals surface area contributed by atoms with Crippen LogP contribution in [0.1, 0.15) is 37.3 Å². The van der Waals surface area contributed by atoms with Crippen LogP contribution in [0.4, 0.5) is 0 Å². The fraction of sp³-hybridized carbons (Fsp3) is 0.625. The molecule has 0 spiro atoms. The normalized spacial score (nSPS) is 21.1. The van der Waals surface area contributed by atoms with E-state index < -0.39 is 0 Å². The van der Waals surface area contributed by atoms with E-state index in [1.54, 1.807) is 0 Å². The Balaban J connectivity index is 1.92. The standard InChI is InChI=1S/C16H25NO/c1-3-17-15(12-16-8-5-9-18-16)11-14-7-4-6-13(2)10-14/h4,6-7,10,15-17H,3,5,8-9,11-12H2,1-2H3. The maximum Gasteiger partial charge on any atom is 0.0590 e. The van der Waals surface area contributed by atoms with E-state index in [0.29, 0.717) is 12.1 Å². The molecule has 1 aliphatic rings. The number of benzene rings is 1. The highest BCUT2D eigenvalue weighted by atomic mass is 16.5. The number of likely N-dealkylation sites (N-methyl/N-ethyl adjacent to an activating group) is 1. The zero-order valence-electron chi connectivity index (χ0n) is 11.6. The van der Waals surface area contributed by atoms with Crippen molar-refractivity contribution in [3.63, 3.8) is 0 Å². The molecule has 0 radical (unpaired) electrons. The highest BCUT2D eigenvalue weighted by molar-refractivity contribution is 5.23. The third-order valence-corrected chi connectivity index (χ3v) is 3.63. The van der Waals surface area contributed by atoms with E-state index in [2.05, 4.69) is 43.4 Å². The Morgan fingerprint density at radius 3 is 3.00 bits per heavy atom. The van der Waals surface area contributed by atoms with Crippen LogP contribution in [-0.4, -0.2) is 25.3 Å². The summed E-state index contributed by atoms with van der Waals surface area (Å²) in [4.78, 5) is 0. The van der Waals surface area contributed by atoms with Crippen LogP contribution in [-0.2, 0) is 11.2 Å². The summed E-state index contributed by atoms with van der Waals surface area (Å²) in [5.74, 6) is 0. The molecule has 1 saturated heterocycles. The van der Waals surface area contributed by atoms with Crippen LogP contribution in [0.15, 0.2) is 24.3 Å². The van der Waals surface area contributed by atoms with E-state index in [4.69, 9.17) is 4.74 Å². The fourth-order valence-electron chi connectivity index (χ4n) is 2.80. The van der Waals surface area contributed by atoms with E-state index in [-0.39, 0.29) is 0 Å². The molecule has 0 aliphatic carbocycles. The SMILES string of the molecule is CCNC(Cc1cccc(C)c1)CC1CCCO1. The summed E-state index contributed by atoms with van der Waals surface area (Å²) in [6.07, 6.45) is 5.18. The molecule has 1 aromatic carbocycles. The predicted molar refractivity (Wildman–Crippen MR) is 75.9 cm³/mol. The second kappa shape index (κ2) is 6.91. The lowest BCUT2D eigenvalue weighted by Gasteiger charge is -2.21. The molecule has 1 aliphatic heterocycles. The first kappa shape index (κ1) is 13.6. The Labute approximate surface area is 111 Å². The van der Waals surface area contributed by atoms with E-state index in [1.807, 2.05) is 0 Å². The quantitative estimate of drug-likeness (QED) is 0.834. The minimum absolute atomic E-state index is 0.471. The van der Waals surface area contributed by atoms with Gasteiger partial charge in [-0.2, -0.15) is 0 Å². The number of hydrogen-bond donors (Lipinski definition) is 1. The monoisotopic (exact) mass is 247 g/mol. The van der Waals surface area contributed by atoms with E-state index in [1.165, 1.54) is 24.0 Å². The lowest BCUT2D eigenvalue weighted by molar-refractivity contribution is 0.0948. The Kier molecular flexibility index (Phi) is 5.21. The molecule has 2 rings (SSSR count). The third kappa shape index (κ3) is 4.11. The summed E-state index contributed by atoms with van der Waals surface area (Å²) in [6.45, 7) is 6.32. The van der Waals surface area contributed by atoms with Gasteiger partial charge in [0, 0.05) is 12.6 Å². The summed E-state index contributed by atoms with van der Waals surface area (Å²) in [6, 6.07) is 9.37. The molecule has 2 unspecified atom stereocenters. The van der Waals surface area contributed by atoms with Gasteiger partial charge in [0.25, 0.3) is 0 Å². The van der Waals surface area contributed by atoms with Gasteiger partial charge in [-0.25, -0.2) is 0 Å². The molecule has 1 N–H and O–H groups in total. The maximum atomic E-state index is 5.75. The Hall–Kier alpha value is -0.860. The minimum Gasteiger partial charge on any atom is -0.378 e. The minimum atomic E-state index is 0.471. The molecule has 0 amide bonds. The lowest BCUT2D eigenvalue weighted by Crippen LogP contribution is -2.34. The highest BCUT2D eigenvalue weighted by Crippen LogP contribution is 2.19. The molecule has 2 nitrogen and oxygen atoms in total. The smallest absolute Gasteiger partial charge is 0.0590 e. The largest absolute Gasteiger partial charge is 0.378 e. The van der Waals surface area contributed by atoms with Crippen molar-refractivity contribution in [3.05, 3.63) is 35.4 Å². The molecule has 1 heterocycles. The summed E-state index contributed by atoms with van der Waals surface area (Å²) in [7, 11) is 0. The van der Waals surface area contributed by atoms with Gasteiger partial charge in [0.1, 0.15) is 0 Å². The van der Waals surface area contributed by atoms with Gasteiger partial charge in [0.2, 0.25) is 0 Å². The van der Waals surface area contributed by atoms with Crippen LogP contribution in [0.3, 0.4) is 0 Å². The number of rotatable bonds is 6. The summed E-state index contributed by atoms with van der Waals surface area (Å²) >= 11 is 0. The van der Waals surface area contributed by atoms with Crippen molar-refractivity contribution in [2.75, 3.05) is 13.2 Å². The summed E-state index contributed by atoms with van der Waals surface area (Å²) in [5.41, 5.74) is 2.78. The van der Waals surface area contributed by atoms with Crippen LogP contribution in [0.25, 0.3) is 0 Å². The predicted octanol–water partition coefficient (Wildman–Crippen LogP) is 3.08. The second-order valence-electron chi connectivity index (χ2n) is 5.32. The molecular weight excluding hydrogens is 222 g/mol. The average molecular weight is 247 g/mol. The van der Waals surface area contributed by atoms with Gasteiger partial charge >= 0.3 is 0 Å². The van der Waals surface area contributed by atoms with Gasteiger partial charge in [-0.05, 0) is 44.7 Å². The number of nitrogens with one attached hydrogen (secondary N) is 1. The van der Waals surface area contributed by atoms with Crippen molar-refractivity contribution >= 4 is 0 Å². The zero-order valence-corrected chi connectivity index (χ0v) is 11.6. The number of ether oxygens (including phenoxy) is 1. The Bertz CT molecular complexity index is 358. The van der Waals surface area contributed by atoms with Gasteiger partial charge in [-0.1, -0.05) is 36.8 Å². The van der Waals surface area contributed by atoms with Crippen molar-refractivity contribution in [2.24, 2.45) is 0 Å². The van der Waals surface area contributed by atoms with E-state index >= 15 is 0 Å². The topological polar surface area (TPSA) is 21.3 Å². The van der Waals surface area contributed by atoms with Gasteiger partial charge in [0.05, 0.1) is 6.10 Å². The van der Waals surface area contributed by atoms with Gasteiger partial charge in [-0.15, -0.1) is 0 Å². The van der Waals surface area contributed by atoms with Crippen LogP contribution in [0, 0.1) is 6.92 Å². The first-order valence-corrected chi connectivity index (χ1v) is 7.18. The van der Waals surface area contributed by atoms with Crippen LogP contribution in [0.5, 0.6) is 0 Å². The molecule has 100 valence electrons.